The molecule has 0 atom stereocenters. The third-order valence-corrected chi connectivity index (χ3v) is 4.88. The quantitative estimate of drug-likeness (QED) is 0.802. The van der Waals surface area contributed by atoms with Crippen molar-refractivity contribution in [3.8, 4) is 0 Å². The smallest absolute Gasteiger partial charge is 0.123 e. The monoisotopic (exact) mass is 393 g/mol. The van der Waals surface area contributed by atoms with Crippen molar-refractivity contribution in [2.45, 2.75) is 33.1 Å². The number of likely N-dealkylation sites (N-methyl/N-ethyl adjacent to an activating group) is 1. The SMILES string of the molecule is CC.CNC1=CC=Cc2cnncc2C1.O=CC1CCN(c2ccncc2)CC1. The van der Waals surface area contributed by atoms with Crippen LogP contribution >= 0.6 is 0 Å². The van der Waals surface area contributed by atoms with Gasteiger partial charge in [-0.2, -0.15) is 10.2 Å². The first-order valence-corrected chi connectivity index (χ1v) is 10.2. The third kappa shape index (κ3) is 6.82. The molecule has 0 bridgehead atoms. The van der Waals surface area contributed by atoms with Crippen LogP contribution in [-0.4, -0.2) is 41.6 Å². The lowest BCUT2D eigenvalue weighted by molar-refractivity contribution is -0.111. The lowest BCUT2D eigenvalue weighted by Gasteiger charge is -2.31. The Bertz CT molecular complexity index is 796. The molecular formula is C23H31N5O. The van der Waals surface area contributed by atoms with E-state index >= 15 is 0 Å². The number of nitrogens with zero attached hydrogens (tertiary/aromatic N) is 4. The Morgan fingerprint density at radius 1 is 1.10 bits per heavy atom. The molecule has 6 heteroatoms. The molecule has 0 radical (unpaired) electrons. The van der Waals surface area contributed by atoms with E-state index < -0.39 is 0 Å². The first kappa shape index (κ1) is 22.3. The summed E-state index contributed by atoms with van der Waals surface area (Å²) in [5.74, 6) is 0.271. The highest BCUT2D eigenvalue weighted by Crippen LogP contribution is 2.21. The van der Waals surface area contributed by atoms with Gasteiger partial charge in [-0.3, -0.25) is 4.98 Å². The van der Waals surface area contributed by atoms with Crippen LogP contribution in [0, 0.1) is 5.92 Å². The number of carbonyl (C=O) groups is 1. The van der Waals surface area contributed by atoms with Gasteiger partial charge in [-0.15, -0.1) is 0 Å². The van der Waals surface area contributed by atoms with E-state index in [4.69, 9.17) is 0 Å². The topological polar surface area (TPSA) is 71.0 Å². The fraction of sp³-hybridized carbons (Fsp3) is 0.391. The second-order valence-corrected chi connectivity index (χ2v) is 6.61. The van der Waals surface area contributed by atoms with Gasteiger partial charge in [-0.05, 0) is 42.2 Å². The van der Waals surface area contributed by atoms with Crippen molar-refractivity contribution in [3.63, 3.8) is 0 Å². The van der Waals surface area contributed by atoms with Crippen molar-refractivity contribution in [1.82, 2.24) is 20.5 Å². The Hall–Kier alpha value is -3.02. The van der Waals surface area contributed by atoms with Crippen molar-refractivity contribution in [2.75, 3.05) is 25.0 Å². The van der Waals surface area contributed by atoms with Crippen molar-refractivity contribution in [2.24, 2.45) is 5.92 Å². The Balaban J connectivity index is 0.000000191. The zero-order chi connectivity index (χ0) is 20.9. The van der Waals surface area contributed by atoms with E-state index in [-0.39, 0.29) is 5.92 Å². The summed E-state index contributed by atoms with van der Waals surface area (Å²) in [5, 5.41) is 10.9. The van der Waals surface area contributed by atoms with Crippen LogP contribution in [0.3, 0.4) is 0 Å². The molecule has 29 heavy (non-hydrogen) atoms. The average Bonchev–Trinajstić information content (AvgIpc) is 3.03. The summed E-state index contributed by atoms with van der Waals surface area (Å²) in [4.78, 5) is 16.9. The zero-order valence-corrected chi connectivity index (χ0v) is 17.6. The number of carbonyl (C=O) groups excluding carboxylic acids is 1. The van der Waals surface area contributed by atoms with Gasteiger partial charge in [0, 0.05) is 56.3 Å². The standard InChI is InChI=1S/C11H14N2O.C10H11N3.C2H6/c14-9-10-3-7-13(8-4-10)11-1-5-12-6-2-11;1-11-10-4-2-3-8-6-12-13-7-9(8)5-10;1-2/h1-2,5-6,9-10H,3-4,7-8H2;2-4,6-7,11H,5H2,1H3;1-2H3. The van der Waals surface area contributed by atoms with Crippen LogP contribution < -0.4 is 10.2 Å². The molecule has 0 amide bonds. The van der Waals surface area contributed by atoms with Crippen LogP contribution in [0.25, 0.3) is 6.08 Å². The predicted octanol–water partition coefficient (Wildman–Crippen LogP) is 3.67. The van der Waals surface area contributed by atoms with E-state index in [1.54, 1.807) is 18.6 Å². The number of piperidine rings is 1. The Labute approximate surface area is 173 Å². The molecule has 0 spiro atoms. The molecule has 6 nitrogen and oxygen atoms in total. The van der Waals surface area contributed by atoms with Crippen LogP contribution in [0.5, 0.6) is 0 Å². The second-order valence-electron chi connectivity index (χ2n) is 6.61. The van der Waals surface area contributed by atoms with E-state index in [0.717, 1.165) is 44.2 Å². The van der Waals surface area contributed by atoms with Crippen molar-refractivity contribution in [3.05, 3.63) is 65.9 Å². The van der Waals surface area contributed by atoms with Gasteiger partial charge in [0.1, 0.15) is 6.29 Å². The number of pyridine rings is 1. The molecule has 0 unspecified atom stereocenters. The summed E-state index contributed by atoms with van der Waals surface area (Å²) >= 11 is 0. The molecule has 3 heterocycles. The third-order valence-electron chi connectivity index (χ3n) is 4.88. The molecule has 154 valence electrons. The molecule has 1 fully saturated rings. The molecule has 1 aliphatic heterocycles. The number of fused-ring (bicyclic) bond motifs is 1. The Morgan fingerprint density at radius 2 is 1.79 bits per heavy atom. The molecule has 2 aliphatic rings. The Morgan fingerprint density at radius 3 is 2.45 bits per heavy atom. The van der Waals surface area contributed by atoms with Gasteiger partial charge in [0.2, 0.25) is 0 Å². The molecule has 1 N–H and O–H groups in total. The van der Waals surface area contributed by atoms with Crippen LogP contribution in [0.4, 0.5) is 5.69 Å². The zero-order valence-electron chi connectivity index (χ0n) is 17.6. The first-order chi connectivity index (χ1) is 14.3. The van der Waals surface area contributed by atoms with Gasteiger partial charge in [0.15, 0.2) is 0 Å². The Kier molecular flexibility index (Phi) is 9.55. The van der Waals surface area contributed by atoms with Gasteiger partial charge in [0.25, 0.3) is 0 Å². The highest BCUT2D eigenvalue weighted by atomic mass is 16.1. The number of rotatable bonds is 3. The van der Waals surface area contributed by atoms with Gasteiger partial charge in [-0.1, -0.05) is 26.0 Å². The van der Waals surface area contributed by atoms with E-state index in [1.807, 2.05) is 51.4 Å². The van der Waals surface area contributed by atoms with Gasteiger partial charge >= 0.3 is 0 Å². The normalized spacial score (nSPS) is 15.4. The molecule has 2 aromatic heterocycles. The van der Waals surface area contributed by atoms with Gasteiger partial charge < -0.3 is 15.0 Å². The summed E-state index contributed by atoms with van der Waals surface area (Å²) < 4.78 is 0. The molecule has 1 saturated heterocycles. The minimum Gasteiger partial charge on any atom is -0.391 e. The van der Waals surface area contributed by atoms with Crippen LogP contribution in [-0.2, 0) is 11.2 Å². The summed E-state index contributed by atoms with van der Waals surface area (Å²) in [6.45, 7) is 5.96. The highest BCUT2D eigenvalue weighted by molar-refractivity contribution is 5.56. The summed E-state index contributed by atoms with van der Waals surface area (Å²) in [5.41, 5.74) is 4.77. The maximum absolute atomic E-state index is 10.6. The maximum Gasteiger partial charge on any atom is 0.123 e. The van der Waals surface area contributed by atoms with Crippen molar-refractivity contribution in [1.29, 1.82) is 0 Å². The van der Waals surface area contributed by atoms with Crippen LogP contribution in [0.15, 0.2) is 54.8 Å². The fourth-order valence-electron chi connectivity index (χ4n) is 3.21. The minimum atomic E-state index is 0.271. The number of anilines is 1. The molecule has 2 aromatic rings. The number of aldehydes is 1. The number of hydrogen-bond acceptors (Lipinski definition) is 6. The molecule has 0 saturated carbocycles. The van der Waals surface area contributed by atoms with Crippen molar-refractivity contribution < 1.29 is 4.79 Å². The minimum absolute atomic E-state index is 0.271. The largest absolute Gasteiger partial charge is 0.391 e. The average molecular weight is 394 g/mol. The van der Waals surface area contributed by atoms with Crippen LogP contribution in [0.2, 0.25) is 0 Å². The summed E-state index contributed by atoms with van der Waals surface area (Å²) in [6, 6.07) is 4.03. The fourth-order valence-corrected chi connectivity index (χ4v) is 3.21. The lowest BCUT2D eigenvalue weighted by atomic mass is 9.98. The number of allylic oxidation sites excluding steroid dienone is 3. The number of nitrogens with one attached hydrogen (secondary N) is 1. The highest BCUT2D eigenvalue weighted by Gasteiger charge is 2.18. The van der Waals surface area contributed by atoms with Gasteiger partial charge in [-0.25, -0.2) is 0 Å². The summed E-state index contributed by atoms with van der Waals surface area (Å²) in [6.07, 6.45) is 17.3. The van der Waals surface area contributed by atoms with Gasteiger partial charge in [0.05, 0.1) is 12.4 Å². The van der Waals surface area contributed by atoms with E-state index in [9.17, 15) is 4.79 Å². The van der Waals surface area contributed by atoms with Crippen LogP contribution in [0.1, 0.15) is 37.8 Å². The van der Waals surface area contributed by atoms with E-state index in [1.165, 1.54) is 16.9 Å². The summed E-state index contributed by atoms with van der Waals surface area (Å²) in [7, 11) is 1.93. The van der Waals surface area contributed by atoms with E-state index in [2.05, 4.69) is 31.5 Å². The maximum atomic E-state index is 10.6. The molecule has 4 rings (SSSR count). The number of aromatic nitrogens is 3. The number of hydrogen-bond donors (Lipinski definition) is 1. The first-order valence-electron chi connectivity index (χ1n) is 10.2. The molecular weight excluding hydrogens is 362 g/mol. The molecule has 1 aliphatic carbocycles. The second kappa shape index (κ2) is 12.4. The van der Waals surface area contributed by atoms with Crippen molar-refractivity contribution >= 4 is 18.0 Å². The lowest BCUT2D eigenvalue weighted by Crippen LogP contribution is -2.33. The predicted molar refractivity (Wildman–Crippen MR) is 118 cm³/mol. The molecule has 0 aromatic carbocycles. The van der Waals surface area contributed by atoms with E-state index in [0.29, 0.717) is 0 Å².